The first-order chi connectivity index (χ1) is 8.65. The Labute approximate surface area is 108 Å². The summed E-state index contributed by atoms with van der Waals surface area (Å²) in [5, 5.41) is 3.74. The van der Waals surface area contributed by atoms with Gasteiger partial charge in [-0.15, -0.1) is 0 Å². The van der Waals surface area contributed by atoms with Crippen LogP contribution >= 0.6 is 0 Å². The minimum Gasteiger partial charge on any atom is -0.350 e. The lowest BCUT2D eigenvalue weighted by Crippen LogP contribution is -2.24. The van der Waals surface area contributed by atoms with Crippen molar-refractivity contribution in [3.8, 4) is 0 Å². The normalized spacial score (nSPS) is 11.1. The zero-order valence-electron chi connectivity index (χ0n) is 10.9. The molecule has 0 aliphatic carbocycles. The number of hydrogen-bond acceptors (Lipinski definition) is 3. The molecule has 2 amide bonds. The number of hydrogen-bond donors (Lipinski definition) is 2. The Bertz CT molecular complexity index is 413. The van der Waals surface area contributed by atoms with Gasteiger partial charge in [0.05, 0.1) is 6.21 Å². The smallest absolute Gasteiger partial charge is 0.332 e. The minimum atomic E-state index is -0.662. The first kappa shape index (κ1) is 14.2. The van der Waals surface area contributed by atoms with Crippen molar-refractivity contribution < 1.29 is 4.79 Å². The van der Waals surface area contributed by atoms with Crippen LogP contribution in [0.25, 0.3) is 0 Å². The van der Waals surface area contributed by atoms with Crippen LogP contribution in [0.2, 0.25) is 0 Å². The van der Waals surface area contributed by atoms with E-state index < -0.39 is 6.03 Å². The van der Waals surface area contributed by atoms with E-state index in [-0.39, 0.29) is 0 Å². The number of nitrogens with zero attached hydrogens (tertiary/aromatic N) is 2. The quantitative estimate of drug-likeness (QED) is 0.592. The van der Waals surface area contributed by atoms with Crippen LogP contribution in [0.3, 0.4) is 0 Å². The molecule has 0 spiro atoms. The molecule has 18 heavy (non-hydrogen) atoms. The maximum atomic E-state index is 10.5. The van der Waals surface area contributed by atoms with E-state index in [2.05, 4.69) is 35.3 Å². The topological polar surface area (TPSA) is 70.7 Å². The Morgan fingerprint density at radius 2 is 2.17 bits per heavy atom. The molecule has 1 rings (SSSR count). The van der Waals surface area contributed by atoms with Crippen LogP contribution in [0, 0.1) is 0 Å². The zero-order valence-corrected chi connectivity index (χ0v) is 10.9. The number of rotatable bonds is 6. The van der Waals surface area contributed by atoms with Crippen molar-refractivity contribution in [2.45, 2.75) is 20.4 Å². The predicted molar refractivity (Wildman–Crippen MR) is 73.4 cm³/mol. The molecule has 1 aromatic rings. The van der Waals surface area contributed by atoms with Crippen LogP contribution in [0.1, 0.15) is 25.0 Å². The molecule has 0 unspecified atom stereocenters. The van der Waals surface area contributed by atoms with Crippen molar-refractivity contribution in [2.24, 2.45) is 10.8 Å². The molecule has 5 heteroatoms. The van der Waals surface area contributed by atoms with Gasteiger partial charge in [-0.25, -0.2) is 10.2 Å². The second-order valence-electron chi connectivity index (χ2n) is 3.94. The SMILES string of the molecule is CCN(CC)Cc1cccc(C=NNC(N)=O)c1. The van der Waals surface area contributed by atoms with E-state index in [0.29, 0.717) is 0 Å². The highest BCUT2D eigenvalue weighted by Crippen LogP contribution is 2.06. The number of hydrazone groups is 1. The van der Waals surface area contributed by atoms with Crippen molar-refractivity contribution in [3.63, 3.8) is 0 Å². The van der Waals surface area contributed by atoms with Crippen LogP contribution in [0.4, 0.5) is 4.79 Å². The Hall–Kier alpha value is -1.88. The molecule has 5 nitrogen and oxygen atoms in total. The van der Waals surface area contributed by atoms with E-state index in [1.807, 2.05) is 18.2 Å². The summed E-state index contributed by atoms with van der Waals surface area (Å²) >= 11 is 0. The van der Waals surface area contributed by atoms with Gasteiger partial charge in [-0.2, -0.15) is 5.10 Å². The highest BCUT2D eigenvalue weighted by molar-refractivity contribution is 5.81. The lowest BCUT2D eigenvalue weighted by atomic mass is 10.1. The molecular formula is C13H20N4O. The summed E-state index contributed by atoms with van der Waals surface area (Å²) in [5.74, 6) is 0. The number of carbonyl (C=O) groups excluding carboxylic acids is 1. The van der Waals surface area contributed by atoms with Gasteiger partial charge in [-0.05, 0) is 30.3 Å². The molecule has 0 aromatic heterocycles. The van der Waals surface area contributed by atoms with Gasteiger partial charge >= 0.3 is 6.03 Å². The van der Waals surface area contributed by atoms with Crippen molar-refractivity contribution in [1.82, 2.24) is 10.3 Å². The second kappa shape index (κ2) is 7.45. The van der Waals surface area contributed by atoms with Gasteiger partial charge in [0.1, 0.15) is 0 Å². The van der Waals surface area contributed by atoms with Crippen molar-refractivity contribution in [2.75, 3.05) is 13.1 Å². The molecule has 3 N–H and O–H groups in total. The van der Waals surface area contributed by atoms with Gasteiger partial charge in [0.15, 0.2) is 0 Å². The van der Waals surface area contributed by atoms with E-state index in [1.165, 1.54) is 5.56 Å². The van der Waals surface area contributed by atoms with Crippen LogP contribution in [0.5, 0.6) is 0 Å². The number of amides is 2. The highest BCUT2D eigenvalue weighted by Gasteiger charge is 2.01. The van der Waals surface area contributed by atoms with Crippen LogP contribution in [-0.4, -0.2) is 30.2 Å². The van der Waals surface area contributed by atoms with Gasteiger partial charge in [0, 0.05) is 6.54 Å². The highest BCUT2D eigenvalue weighted by atomic mass is 16.2. The number of primary amides is 1. The Morgan fingerprint density at radius 1 is 1.44 bits per heavy atom. The summed E-state index contributed by atoms with van der Waals surface area (Å²) in [4.78, 5) is 12.8. The van der Waals surface area contributed by atoms with E-state index >= 15 is 0 Å². The van der Waals surface area contributed by atoms with Gasteiger partial charge in [0.25, 0.3) is 0 Å². The molecule has 0 saturated carbocycles. The number of nitrogens with one attached hydrogen (secondary N) is 1. The molecule has 0 bridgehead atoms. The predicted octanol–water partition coefficient (Wildman–Crippen LogP) is 1.53. The third kappa shape index (κ3) is 4.97. The van der Waals surface area contributed by atoms with Crippen LogP contribution in [0.15, 0.2) is 29.4 Å². The summed E-state index contributed by atoms with van der Waals surface area (Å²) < 4.78 is 0. The van der Waals surface area contributed by atoms with Crippen LogP contribution in [-0.2, 0) is 6.54 Å². The van der Waals surface area contributed by atoms with E-state index in [4.69, 9.17) is 5.73 Å². The average molecular weight is 248 g/mol. The van der Waals surface area contributed by atoms with Crippen molar-refractivity contribution in [3.05, 3.63) is 35.4 Å². The molecule has 0 aliphatic heterocycles. The Morgan fingerprint density at radius 3 is 2.78 bits per heavy atom. The average Bonchev–Trinajstić information content (AvgIpc) is 2.36. The third-order valence-electron chi connectivity index (χ3n) is 2.64. The van der Waals surface area contributed by atoms with E-state index in [1.54, 1.807) is 6.21 Å². The monoisotopic (exact) mass is 248 g/mol. The molecule has 0 aliphatic rings. The Kier molecular flexibility index (Phi) is 5.87. The molecule has 1 aromatic carbocycles. The summed E-state index contributed by atoms with van der Waals surface area (Å²) in [6, 6.07) is 7.37. The molecule has 0 saturated heterocycles. The largest absolute Gasteiger partial charge is 0.350 e. The third-order valence-corrected chi connectivity index (χ3v) is 2.64. The van der Waals surface area contributed by atoms with Gasteiger partial charge in [0.2, 0.25) is 0 Å². The minimum absolute atomic E-state index is 0.662. The number of nitrogens with two attached hydrogens (primary N) is 1. The lowest BCUT2D eigenvalue weighted by Gasteiger charge is -2.18. The van der Waals surface area contributed by atoms with Crippen molar-refractivity contribution in [1.29, 1.82) is 0 Å². The first-order valence-corrected chi connectivity index (χ1v) is 6.05. The summed E-state index contributed by atoms with van der Waals surface area (Å²) in [6.07, 6.45) is 1.58. The fourth-order valence-corrected chi connectivity index (χ4v) is 1.65. The maximum absolute atomic E-state index is 10.5. The van der Waals surface area contributed by atoms with E-state index in [9.17, 15) is 4.79 Å². The number of carbonyl (C=O) groups is 1. The molecule has 98 valence electrons. The van der Waals surface area contributed by atoms with Crippen molar-refractivity contribution >= 4 is 12.2 Å². The lowest BCUT2D eigenvalue weighted by molar-refractivity contribution is 0.249. The van der Waals surface area contributed by atoms with Crippen LogP contribution < -0.4 is 11.2 Å². The van der Waals surface area contributed by atoms with Gasteiger partial charge in [-0.3, -0.25) is 4.90 Å². The molecule has 0 atom stereocenters. The fourth-order valence-electron chi connectivity index (χ4n) is 1.65. The van der Waals surface area contributed by atoms with Gasteiger partial charge in [-0.1, -0.05) is 32.0 Å². The summed E-state index contributed by atoms with van der Waals surface area (Å²) in [7, 11) is 0. The summed E-state index contributed by atoms with van der Waals surface area (Å²) in [5.41, 5.74) is 9.25. The molecular weight excluding hydrogens is 228 g/mol. The molecule has 0 heterocycles. The van der Waals surface area contributed by atoms with Gasteiger partial charge < -0.3 is 5.73 Å². The van der Waals surface area contributed by atoms with E-state index in [0.717, 1.165) is 25.2 Å². The summed E-state index contributed by atoms with van der Waals surface area (Å²) in [6.45, 7) is 7.26. The maximum Gasteiger partial charge on any atom is 0.332 e. The molecule has 0 fully saturated rings. The zero-order chi connectivity index (χ0) is 13.4. The first-order valence-electron chi connectivity index (χ1n) is 6.05. The number of benzene rings is 1. The number of urea groups is 1. The fraction of sp³-hybridized carbons (Fsp3) is 0.385. The Balaban J connectivity index is 2.67. The molecule has 0 radical (unpaired) electrons. The second-order valence-corrected chi connectivity index (χ2v) is 3.94. The standard InChI is InChI=1S/C13H20N4O/c1-3-17(4-2)10-12-7-5-6-11(8-12)9-15-16-13(14)18/h5-9H,3-4,10H2,1-2H3,(H3,14,16,18).